The highest BCUT2D eigenvalue weighted by Gasteiger charge is 2.27. The number of carbonyl (C=O) groups is 1. The summed E-state index contributed by atoms with van der Waals surface area (Å²) in [5, 5.41) is 2.33. The van der Waals surface area contributed by atoms with Crippen LogP contribution < -0.4 is 0 Å². The van der Waals surface area contributed by atoms with Crippen molar-refractivity contribution in [3.05, 3.63) is 71.8 Å². The van der Waals surface area contributed by atoms with E-state index in [0.29, 0.717) is 12.2 Å². The van der Waals surface area contributed by atoms with Crippen LogP contribution in [0.3, 0.4) is 0 Å². The molecule has 110 valence electrons. The minimum atomic E-state index is -0.238. The van der Waals surface area contributed by atoms with E-state index in [4.69, 9.17) is 4.74 Å². The molecule has 0 saturated carbocycles. The predicted molar refractivity (Wildman–Crippen MR) is 90.4 cm³/mol. The maximum Gasteiger partial charge on any atom is 0.338 e. The number of aromatic amines is 1. The lowest BCUT2D eigenvalue weighted by atomic mass is 9.92. The highest BCUT2D eigenvalue weighted by Crippen LogP contribution is 2.41. The Bertz CT molecular complexity index is 1080. The number of cyclic esters (lactones) is 1. The van der Waals surface area contributed by atoms with Crippen LogP contribution in [-0.2, 0) is 11.3 Å². The molecule has 1 aromatic heterocycles. The van der Waals surface area contributed by atoms with Gasteiger partial charge in [-0.15, -0.1) is 0 Å². The minimum Gasteiger partial charge on any atom is -0.457 e. The van der Waals surface area contributed by atoms with Crippen molar-refractivity contribution in [2.24, 2.45) is 0 Å². The van der Waals surface area contributed by atoms with Gasteiger partial charge in [0.25, 0.3) is 0 Å². The zero-order valence-electron chi connectivity index (χ0n) is 12.3. The highest BCUT2D eigenvalue weighted by molar-refractivity contribution is 6.17. The first-order chi connectivity index (χ1) is 11.3. The van der Waals surface area contributed by atoms with Gasteiger partial charge in [0.1, 0.15) is 6.61 Å². The molecule has 0 atom stereocenters. The van der Waals surface area contributed by atoms with Crippen LogP contribution in [0.4, 0.5) is 0 Å². The number of carbonyl (C=O) groups excluding carboxylic acids is 1. The van der Waals surface area contributed by atoms with Crippen LogP contribution in [-0.4, -0.2) is 11.0 Å². The van der Waals surface area contributed by atoms with E-state index < -0.39 is 0 Å². The molecule has 1 aliphatic heterocycles. The number of H-pyrrole nitrogens is 1. The maximum absolute atomic E-state index is 12.1. The van der Waals surface area contributed by atoms with Gasteiger partial charge in [0, 0.05) is 27.4 Å². The molecule has 3 heteroatoms. The summed E-state index contributed by atoms with van der Waals surface area (Å²) in [5.41, 5.74) is 5.92. The van der Waals surface area contributed by atoms with Gasteiger partial charge in [-0.05, 0) is 23.3 Å². The Morgan fingerprint density at radius 1 is 0.913 bits per heavy atom. The SMILES string of the molecule is O=C1OCc2c1cc1[nH]c3ccccc3c1c2-c1ccccc1. The van der Waals surface area contributed by atoms with Crippen molar-refractivity contribution in [1.82, 2.24) is 4.98 Å². The third-order valence-electron chi connectivity index (χ3n) is 4.53. The molecule has 0 fully saturated rings. The number of hydrogen-bond acceptors (Lipinski definition) is 2. The molecule has 2 heterocycles. The summed E-state index contributed by atoms with van der Waals surface area (Å²) in [5.74, 6) is -0.238. The Labute approximate surface area is 132 Å². The number of para-hydroxylation sites is 1. The molecule has 23 heavy (non-hydrogen) atoms. The molecule has 0 saturated heterocycles. The van der Waals surface area contributed by atoms with Gasteiger partial charge in [0.15, 0.2) is 0 Å². The van der Waals surface area contributed by atoms with E-state index in [9.17, 15) is 4.79 Å². The summed E-state index contributed by atoms with van der Waals surface area (Å²) < 4.78 is 5.29. The second-order valence-corrected chi connectivity index (χ2v) is 5.81. The van der Waals surface area contributed by atoms with Crippen LogP contribution >= 0.6 is 0 Å². The van der Waals surface area contributed by atoms with Gasteiger partial charge in [-0.3, -0.25) is 0 Å². The van der Waals surface area contributed by atoms with E-state index in [1.165, 1.54) is 5.39 Å². The van der Waals surface area contributed by atoms with Gasteiger partial charge in [-0.1, -0.05) is 48.5 Å². The molecule has 3 aromatic carbocycles. The lowest BCUT2D eigenvalue weighted by molar-refractivity contribution is 0.0535. The second kappa shape index (κ2) is 4.46. The first kappa shape index (κ1) is 12.5. The Morgan fingerprint density at radius 2 is 1.70 bits per heavy atom. The molecule has 0 bridgehead atoms. The highest BCUT2D eigenvalue weighted by atomic mass is 16.5. The Hall–Kier alpha value is -3.07. The van der Waals surface area contributed by atoms with E-state index in [2.05, 4.69) is 29.2 Å². The standard InChI is InChI=1S/C20H13NO2/c22-20-14-10-17-19(13-8-4-5-9-16(13)21-17)18(15(14)11-23-20)12-6-2-1-3-7-12/h1-10,21H,11H2. The average Bonchev–Trinajstić information content (AvgIpc) is 3.15. The van der Waals surface area contributed by atoms with E-state index in [1.807, 2.05) is 36.4 Å². The summed E-state index contributed by atoms with van der Waals surface area (Å²) in [7, 11) is 0. The Kier molecular flexibility index (Phi) is 2.42. The van der Waals surface area contributed by atoms with E-state index >= 15 is 0 Å². The molecule has 1 N–H and O–H groups in total. The van der Waals surface area contributed by atoms with Gasteiger partial charge in [0.05, 0.1) is 5.56 Å². The fourth-order valence-electron chi connectivity index (χ4n) is 3.53. The zero-order valence-corrected chi connectivity index (χ0v) is 12.3. The molecule has 0 amide bonds. The molecule has 4 aromatic rings. The fourth-order valence-corrected chi connectivity index (χ4v) is 3.53. The lowest BCUT2D eigenvalue weighted by Gasteiger charge is -2.09. The van der Waals surface area contributed by atoms with Crippen LogP contribution in [0.1, 0.15) is 15.9 Å². The number of benzene rings is 3. The summed E-state index contributed by atoms with van der Waals surface area (Å²) in [4.78, 5) is 15.5. The van der Waals surface area contributed by atoms with E-state index in [0.717, 1.165) is 33.1 Å². The van der Waals surface area contributed by atoms with E-state index in [1.54, 1.807) is 0 Å². The van der Waals surface area contributed by atoms with Crippen LogP contribution in [0.5, 0.6) is 0 Å². The third kappa shape index (κ3) is 1.67. The fraction of sp³-hybridized carbons (Fsp3) is 0.0500. The quantitative estimate of drug-likeness (QED) is 0.519. The summed E-state index contributed by atoms with van der Waals surface area (Å²) in [6.45, 7) is 0.341. The normalized spacial score (nSPS) is 13.5. The van der Waals surface area contributed by atoms with Crippen LogP contribution in [0.2, 0.25) is 0 Å². The number of rotatable bonds is 1. The predicted octanol–water partition coefficient (Wildman–Crippen LogP) is 4.66. The Balaban J connectivity index is 2.02. The van der Waals surface area contributed by atoms with Crippen molar-refractivity contribution in [2.45, 2.75) is 6.61 Å². The summed E-state index contributed by atoms with van der Waals surface area (Å²) >= 11 is 0. The first-order valence-corrected chi connectivity index (χ1v) is 7.62. The largest absolute Gasteiger partial charge is 0.457 e. The number of esters is 1. The molecule has 0 spiro atoms. The maximum atomic E-state index is 12.1. The number of aromatic nitrogens is 1. The molecule has 0 unspecified atom stereocenters. The van der Waals surface area contributed by atoms with Crippen molar-refractivity contribution in [2.75, 3.05) is 0 Å². The van der Waals surface area contributed by atoms with Crippen molar-refractivity contribution >= 4 is 27.8 Å². The van der Waals surface area contributed by atoms with Crippen molar-refractivity contribution in [3.8, 4) is 11.1 Å². The lowest BCUT2D eigenvalue weighted by Crippen LogP contribution is -1.95. The number of hydrogen-bond donors (Lipinski definition) is 1. The van der Waals surface area contributed by atoms with Gasteiger partial charge >= 0.3 is 5.97 Å². The smallest absolute Gasteiger partial charge is 0.338 e. The monoisotopic (exact) mass is 299 g/mol. The second-order valence-electron chi connectivity index (χ2n) is 5.81. The van der Waals surface area contributed by atoms with Crippen molar-refractivity contribution < 1.29 is 9.53 Å². The number of nitrogens with one attached hydrogen (secondary N) is 1. The average molecular weight is 299 g/mol. The molecule has 1 aliphatic rings. The molecule has 0 aliphatic carbocycles. The molecular weight excluding hydrogens is 286 g/mol. The summed E-state index contributed by atoms with van der Waals surface area (Å²) in [6, 6.07) is 20.4. The molecule has 5 rings (SSSR count). The van der Waals surface area contributed by atoms with Crippen molar-refractivity contribution in [3.63, 3.8) is 0 Å². The minimum absolute atomic E-state index is 0.238. The van der Waals surface area contributed by atoms with Crippen LogP contribution in [0, 0.1) is 0 Å². The molecule has 3 nitrogen and oxygen atoms in total. The van der Waals surface area contributed by atoms with Gasteiger partial charge in [0.2, 0.25) is 0 Å². The van der Waals surface area contributed by atoms with Gasteiger partial charge in [-0.25, -0.2) is 4.79 Å². The van der Waals surface area contributed by atoms with Gasteiger partial charge in [-0.2, -0.15) is 0 Å². The van der Waals surface area contributed by atoms with E-state index in [-0.39, 0.29) is 5.97 Å². The molecule has 0 radical (unpaired) electrons. The number of ether oxygens (including phenoxy) is 1. The first-order valence-electron chi connectivity index (χ1n) is 7.62. The topological polar surface area (TPSA) is 42.1 Å². The third-order valence-corrected chi connectivity index (χ3v) is 4.53. The van der Waals surface area contributed by atoms with Crippen LogP contribution in [0.15, 0.2) is 60.7 Å². The molecular formula is C20H13NO2. The Morgan fingerprint density at radius 3 is 2.57 bits per heavy atom. The zero-order chi connectivity index (χ0) is 15.4. The van der Waals surface area contributed by atoms with Crippen molar-refractivity contribution in [1.29, 1.82) is 0 Å². The van der Waals surface area contributed by atoms with Crippen LogP contribution in [0.25, 0.3) is 32.9 Å². The van der Waals surface area contributed by atoms with Gasteiger partial charge < -0.3 is 9.72 Å². The summed E-state index contributed by atoms with van der Waals surface area (Å²) in [6.07, 6.45) is 0. The number of fused-ring (bicyclic) bond motifs is 4.